The summed E-state index contributed by atoms with van der Waals surface area (Å²) in [4.78, 5) is 13.4. The van der Waals surface area contributed by atoms with E-state index in [4.69, 9.17) is 27.5 Å². The molecule has 1 saturated carbocycles. The molecule has 3 aromatic carbocycles. The summed E-state index contributed by atoms with van der Waals surface area (Å²) in [5.74, 6) is 2.20. The molecule has 218 valence electrons. The average molecular weight is 574 g/mol. The number of carbonyl (C=O) groups is 1. The van der Waals surface area contributed by atoms with E-state index in [-0.39, 0.29) is 23.8 Å². The fourth-order valence-electron chi connectivity index (χ4n) is 5.51. The van der Waals surface area contributed by atoms with Crippen molar-refractivity contribution in [2.45, 2.75) is 78.4 Å². The van der Waals surface area contributed by atoms with Crippen LogP contribution in [0.1, 0.15) is 99.3 Å². The minimum atomic E-state index is -0.201. The van der Waals surface area contributed by atoms with Gasteiger partial charge < -0.3 is 15.8 Å². The number of amides is 1. The molecule has 0 radical (unpaired) electrons. The Labute approximate surface area is 250 Å². The van der Waals surface area contributed by atoms with Crippen LogP contribution in [0.15, 0.2) is 66.7 Å². The summed E-state index contributed by atoms with van der Waals surface area (Å²) < 4.78 is 6.42. The van der Waals surface area contributed by atoms with Gasteiger partial charge in [0, 0.05) is 27.4 Å². The minimum absolute atomic E-state index is 0.145. The Bertz CT molecular complexity index is 1330. The van der Waals surface area contributed by atoms with Crippen molar-refractivity contribution in [3.63, 3.8) is 0 Å². The zero-order valence-electron chi connectivity index (χ0n) is 24.8. The van der Waals surface area contributed by atoms with Gasteiger partial charge in [-0.25, -0.2) is 0 Å². The SMILES string of the molecule is CCC(CC)CC(CC(C)C)Oc1ccc(C(=N)c2cc(C(=O)NC(c3ccccc3Cl)C3CC3)ccc2N)cc1. The Morgan fingerprint density at radius 1 is 1.00 bits per heavy atom. The Balaban J connectivity index is 1.48. The van der Waals surface area contributed by atoms with Gasteiger partial charge in [0.2, 0.25) is 0 Å². The molecule has 4 rings (SSSR count). The van der Waals surface area contributed by atoms with Gasteiger partial charge in [-0.05, 0) is 97.5 Å². The molecule has 1 aliphatic carbocycles. The summed E-state index contributed by atoms with van der Waals surface area (Å²) in [5, 5.41) is 12.8. The van der Waals surface area contributed by atoms with E-state index in [0.717, 1.165) is 49.8 Å². The Morgan fingerprint density at radius 2 is 1.66 bits per heavy atom. The number of carbonyl (C=O) groups excluding carboxylic acids is 1. The third-order valence-corrected chi connectivity index (χ3v) is 8.48. The minimum Gasteiger partial charge on any atom is -0.490 e. The van der Waals surface area contributed by atoms with Gasteiger partial charge in [0.05, 0.1) is 17.9 Å². The van der Waals surface area contributed by atoms with Crippen molar-refractivity contribution >= 4 is 28.9 Å². The second kappa shape index (κ2) is 14.0. The van der Waals surface area contributed by atoms with E-state index >= 15 is 0 Å². The maximum Gasteiger partial charge on any atom is 0.251 e. The summed E-state index contributed by atoms with van der Waals surface area (Å²) in [6.45, 7) is 8.95. The number of hydrogen-bond donors (Lipinski definition) is 3. The molecule has 0 spiro atoms. The molecule has 2 unspecified atom stereocenters. The first kappa shape index (κ1) is 30.6. The van der Waals surface area contributed by atoms with Crippen molar-refractivity contribution in [2.75, 3.05) is 5.73 Å². The van der Waals surface area contributed by atoms with Gasteiger partial charge in [-0.2, -0.15) is 0 Å². The number of nitrogens with two attached hydrogens (primary N) is 1. The summed E-state index contributed by atoms with van der Waals surface area (Å²) >= 11 is 6.47. The molecule has 4 N–H and O–H groups in total. The molecule has 3 aromatic rings. The van der Waals surface area contributed by atoms with Crippen LogP contribution in [0, 0.1) is 23.2 Å². The fraction of sp³-hybridized carbons (Fsp3) is 0.429. The van der Waals surface area contributed by atoms with E-state index in [1.54, 1.807) is 18.2 Å². The van der Waals surface area contributed by atoms with Crippen molar-refractivity contribution in [1.29, 1.82) is 5.41 Å². The van der Waals surface area contributed by atoms with Crippen LogP contribution in [-0.2, 0) is 0 Å². The van der Waals surface area contributed by atoms with E-state index in [1.165, 1.54) is 0 Å². The van der Waals surface area contributed by atoms with Crippen molar-refractivity contribution in [2.24, 2.45) is 17.8 Å². The lowest BCUT2D eigenvalue weighted by Crippen LogP contribution is -2.30. The highest BCUT2D eigenvalue weighted by molar-refractivity contribution is 6.31. The standard InChI is InChI=1S/C35H44ClN3O2/c1-5-23(6-2)20-28(19-22(3)4)41-27-16-13-24(14-17-27)33(38)30-21-26(15-18-32(30)37)35(40)39-34(25-11-12-25)29-9-7-8-10-31(29)36/h7-10,13-18,21-23,25,28,34,38H,5-6,11-12,19-20,37H2,1-4H3,(H,39,40). The second-order valence-electron chi connectivity index (χ2n) is 11.8. The van der Waals surface area contributed by atoms with Crippen LogP contribution in [0.25, 0.3) is 0 Å². The molecule has 1 fully saturated rings. The number of benzene rings is 3. The maximum atomic E-state index is 13.4. The van der Waals surface area contributed by atoms with Crippen LogP contribution < -0.4 is 15.8 Å². The van der Waals surface area contributed by atoms with Crippen LogP contribution in [-0.4, -0.2) is 17.7 Å². The molecular formula is C35H44ClN3O2. The summed E-state index contributed by atoms with van der Waals surface area (Å²) in [6, 6.07) is 20.3. The largest absolute Gasteiger partial charge is 0.490 e. The third kappa shape index (κ3) is 8.13. The predicted molar refractivity (Wildman–Crippen MR) is 170 cm³/mol. The first-order chi connectivity index (χ1) is 19.7. The van der Waals surface area contributed by atoms with Gasteiger partial charge in [-0.1, -0.05) is 70.3 Å². The highest BCUT2D eigenvalue weighted by Crippen LogP contribution is 2.43. The molecule has 6 heteroatoms. The predicted octanol–water partition coefficient (Wildman–Crippen LogP) is 8.84. The molecule has 1 aliphatic rings. The lowest BCUT2D eigenvalue weighted by atomic mass is 9.92. The van der Waals surface area contributed by atoms with Crippen LogP contribution >= 0.6 is 11.6 Å². The maximum absolute atomic E-state index is 13.4. The van der Waals surface area contributed by atoms with Crippen LogP contribution in [0.4, 0.5) is 5.69 Å². The molecule has 5 nitrogen and oxygen atoms in total. The van der Waals surface area contributed by atoms with Crippen molar-refractivity contribution < 1.29 is 9.53 Å². The van der Waals surface area contributed by atoms with Gasteiger partial charge >= 0.3 is 0 Å². The fourth-order valence-corrected chi connectivity index (χ4v) is 5.76. The number of nitrogen functional groups attached to an aromatic ring is 1. The molecule has 0 heterocycles. The summed E-state index contributed by atoms with van der Waals surface area (Å²) in [7, 11) is 0. The molecule has 41 heavy (non-hydrogen) atoms. The van der Waals surface area contributed by atoms with E-state index in [2.05, 4.69) is 33.0 Å². The first-order valence-corrected chi connectivity index (χ1v) is 15.4. The van der Waals surface area contributed by atoms with Crippen LogP contribution in [0.3, 0.4) is 0 Å². The lowest BCUT2D eigenvalue weighted by molar-refractivity contribution is 0.0931. The van der Waals surface area contributed by atoms with Crippen LogP contribution in [0.2, 0.25) is 5.02 Å². The molecule has 0 aliphatic heterocycles. The molecule has 0 bridgehead atoms. The topological polar surface area (TPSA) is 88.2 Å². The number of hydrogen-bond acceptors (Lipinski definition) is 4. The zero-order chi connectivity index (χ0) is 29.5. The number of nitrogens with one attached hydrogen (secondary N) is 2. The second-order valence-corrected chi connectivity index (χ2v) is 12.2. The highest BCUT2D eigenvalue weighted by atomic mass is 35.5. The van der Waals surface area contributed by atoms with E-state index in [1.807, 2.05) is 48.5 Å². The third-order valence-electron chi connectivity index (χ3n) is 8.14. The number of rotatable bonds is 14. The van der Waals surface area contributed by atoms with Gasteiger partial charge in [0.25, 0.3) is 5.91 Å². The molecule has 1 amide bonds. The zero-order valence-corrected chi connectivity index (χ0v) is 25.5. The van der Waals surface area contributed by atoms with Gasteiger partial charge in [-0.3, -0.25) is 10.2 Å². The number of halogens is 1. The smallest absolute Gasteiger partial charge is 0.251 e. The van der Waals surface area contributed by atoms with Gasteiger partial charge in [0.1, 0.15) is 5.75 Å². The monoisotopic (exact) mass is 573 g/mol. The molecule has 0 aromatic heterocycles. The van der Waals surface area contributed by atoms with E-state index in [0.29, 0.717) is 45.2 Å². The Kier molecular flexibility index (Phi) is 10.5. The molecular weight excluding hydrogens is 530 g/mol. The van der Waals surface area contributed by atoms with E-state index in [9.17, 15) is 4.79 Å². The van der Waals surface area contributed by atoms with Crippen molar-refractivity contribution in [1.82, 2.24) is 5.32 Å². The first-order valence-electron chi connectivity index (χ1n) is 15.0. The summed E-state index contributed by atoms with van der Waals surface area (Å²) in [5.41, 5.74) is 9.67. The quantitative estimate of drug-likeness (QED) is 0.133. The van der Waals surface area contributed by atoms with Gasteiger partial charge in [-0.15, -0.1) is 0 Å². The summed E-state index contributed by atoms with van der Waals surface area (Å²) in [6.07, 6.45) is 6.66. The highest BCUT2D eigenvalue weighted by Gasteiger charge is 2.34. The Morgan fingerprint density at radius 3 is 2.27 bits per heavy atom. The normalized spacial score (nSPS) is 14.6. The van der Waals surface area contributed by atoms with Crippen LogP contribution in [0.5, 0.6) is 5.75 Å². The van der Waals surface area contributed by atoms with Crippen molar-refractivity contribution in [3.8, 4) is 5.75 Å². The molecule has 2 atom stereocenters. The molecule has 0 saturated heterocycles. The number of anilines is 1. The van der Waals surface area contributed by atoms with Gasteiger partial charge in [0.15, 0.2) is 0 Å². The number of ether oxygens (including phenoxy) is 1. The van der Waals surface area contributed by atoms with E-state index < -0.39 is 0 Å². The average Bonchev–Trinajstić information content (AvgIpc) is 3.80. The lowest BCUT2D eigenvalue weighted by Gasteiger charge is -2.25. The Hall–Kier alpha value is -3.31. The van der Waals surface area contributed by atoms with Crippen molar-refractivity contribution in [3.05, 3.63) is 94.0 Å².